The van der Waals surface area contributed by atoms with Crippen LogP contribution in [0.1, 0.15) is 15.2 Å². The van der Waals surface area contributed by atoms with Crippen LogP contribution in [0.5, 0.6) is 11.5 Å². The first-order chi connectivity index (χ1) is 13.0. The Labute approximate surface area is 160 Å². The van der Waals surface area contributed by atoms with Crippen LogP contribution in [0.2, 0.25) is 0 Å². The van der Waals surface area contributed by atoms with Crippen molar-refractivity contribution < 1.29 is 28.6 Å². The van der Waals surface area contributed by atoms with Crippen LogP contribution in [0, 0.1) is 0 Å². The van der Waals surface area contributed by atoms with E-state index in [0.717, 1.165) is 4.88 Å². The molecule has 0 unspecified atom stereocenters. The van der Waals surface area contributed by atoms with E-state index in [1.54, 1.807) is 17.4 Å². The number of thiophene rings is 1. The highest BCUT2D eigenvalue weighted by Crippen LogP contribution is 2.25. The van der Waals surface area contributed by atoms with Crippen molar-refractivity contribution in [1.82, 2.24) is 10.6 Å². The number of benzene rings is 1. The molecule has 144 valence electrons. The fraction of sp³-hybridized carbons (Fsp3) is 0.278. The SMILES string of the molecule is COc1ccc(C(=O)OCC(=O)NC(=O)NCCc2cccs2)c(OC)c1. The number of rotatable bonds is 8. The van der Waals surface area contributed by atoms with Gasteiger partial charge in [0.25, 0.3) is 5.91 Å². The largest absolute Gasteiger partial charge is 0.497 e. The zero-order chi connectivity index (χ0) is 19.6. The van der Waals surface area contributed by atoms with Crippen LogP contribution >= 0.6 is 11.3 Å². The van der Waals surface area contributed by atoms with Gasteiger partial charge < -0.3 is 19.5 Å². The van der Waals surface area contributed by atoms with Gasteiger partial charge in [0.1, 0.15) is 17.1 Å². The van der Waals surface area contributed by atoms with Crippen molar-refractivity contribution in [1.29, 1.82) is 0 Å². The molecule has 0 aliphatic carbocycles. The zero-order valence-electron chi connectivity index (χ0n) is 14.9. The Hall–Kier alpha value is -3.07. The van der Waals surface area contributed by atoms with E-state index >= 15 is 0 Å². The van der Waals surface area contributed by atoms with Gasteiger partial charge in [0, 0.05) is 17.5 Å². The summed E-state index contributed by atoms with van der Waals surface area (Å²) in [5.41, 5.74) is 0.145. The molecule has 2 N–H and O–H groups in total. The predicted molar refractivity (Wildman–Crippen MR) is 99.4 cm³/mol. The Morgan fingerprint density at radius 1 is 1.11 bits per heavy atom. The number of ether oxygens (including phenoxy) is 3. The molecule has 0 radical (unpaired) electrons. The van der Waals surface area contributed by atoms with E-state index in [-0.39, 0.29) is 11.3 Å². The normalized spacial score (nSPS) is 10.0. The fourth-order valence-corrected chi connectivity index (χ4v) is 2.85. The minimum Gasteiger partial charge on any atom is -0.497 e. The van der Waals surface area contributed by atoms with Gasteiger partial charge in [-0.15, -0.1) is 11.3 Å². The number of amides is 3. The summed E-state index contributed by atoms with van der Waals surface area (Å²) in [6.45, 7) is -0.200. The molecule has 8 nitrogen and oxygen atoms in total. The van der Waals surface area contributed by atoms with Crippen LogP contribution in [-0.2, 0) is 16.0 Å². The Balaban J connectivity index is 1.75. The maximum atomic E-state index is 12.1. The van der Waals surface area contributed by atoms with E-state index in [1.807, 2.05) is 17.5 Å². The zero-order valence-corrected chi connectivity index (χ0v) is 15.8. The summed E-state index contributed by atoms with van der Waals surface area (Å²) in [6.07, 6.45) is 0.672. The molecule has 0 spiro atoms. The van der Waals surface area contributed by atoms with Crippen LogP contribution in [0.15, 0.2) is 35.7 Å². The number of nitrogens with one attached hydrogen (secondary N) is 2. The highest BCUT2D eigenvalue weighted by Gasteiger charge is 2.17. The molecule has 0 aliphatic heterocycles. The molecule has 0 bridgehead atoms. The molecule has 2 aromatic rings. The Morgan fingerprint density at radius 3 is 2.59 bits per heavy atom. The average Bonchev–Trinajstić information content (AvgIpc) is 3.19. The lowest BCUT2D eigenvalue weighted by Gasteiger charge is -2.10. The van der Waals surface area contributed by atoms with Gasteiger partial charge in [-0.1, -0.05) is 6.07 Å². The van der Waals surface area contributed by atoms with Crippen LogP contribution in [0.4, 0.5) is 4.79 Å². The van der Waals surface area contributed by atoms with Gasteiger partial charge in [0.15, 0.2) is 6.61 Å². The van der Waals surface area contributed by atoms with Gasteiger partial charge in [-0.25, -0.2) is 9.59 Å². The lowest BCUT2D eigenvalue weighted by Crippen LogP contribution is -2.42. The lowest BCUT2D eigenvalue weighted by atomic mass is 10.2. The van der Waals surface area contributed by atoms with Crippen molar-refractivity contribution >= 4 is 29.2 Å². The van der Waals surface area contributed by atoms with Crippen molar-refractivity contribution in [3.8, 4) is 11.5 Å². The van der Waals surface area contributed by atoms with Crippen molar-refractivity contribution in [2.45, 2.75) is 6.42 Å². The van der Waals surface area contributed by atoms with Crippen molar-refractivity contribution in [2.75, 3.05) is 27.4 Å². The van der Waals surface area contributed by atoms with Gasteiger partial charge in [0.2, 0.25) is 0 Å². The van der Waals surface area contributed by atoms with E-state index in [2.05, 4.69) is 10.6 Å². The smallest absolute Gasteiger partial charge is 0.342 e. The summed E-state index contributed by atoms with van der Waals surface area (Å²) in [6, 6.07) is 7.81. The second-order valence-corrected chi connectivity index (χ2v) is 6.31. The first-order valence-corrected chi connectivity index (χ1v) is 8.90. The number of carbonyl (C=O) groups excluding carboxylic acids is 3. The second kappa shape index (κ2) is 10.2. The highest BCUT2D eigenvalue weighted by molar-refractivity contribution is 7.09. The molecule has 3 amide bonds. The first kappa shape index (κ1) is 20.2. The standard InChI is InChI=1S/C18H20N2O6S/c1-24-12-5-6-14(15(10-12)25-2)17(22)26-11-16(21)20-18(23)19-8-7-13-4-3-9-27-13/h3-6,9-10H,7-8,11H2,1-2H3,(H2,19,20,21,23). The highest BCUT2D eigenvalue weighted by atomic mass is 32.1. The van der Waals surface area contributed by atoms with Crippen LogP contribution in [-0.4, -0.2) is 45.3 Å². The minimum absolute atomic E-state index is 0.145. The van der Waals surface area contributed by atoms with Gasteiger partial charge in [0.05, 0.1) is 14.2 Å². The number of imide groups is 1. The number of hydrogen-bond donors (Lipinski definition) is 2. The third-order valence-electron chi connectivity index (χ3n) is 3.45. The average molecular weight is 392 g/mol. The Kier molecular flexibility index (Phi) is 7.63. The van der Waals surface area contributed by atoms with Crippen LogP contribution in [0.25, 0.3) is 0 Å². The number of carbonyl (C=O) groups is 3. The van der Waals surface area contributed by atoms with E-state index in [0.29, 0.717) is 18.7 Å². The van der Waals surface area contributed by atoms with Gasteiger partial charge in [-0.2, -0.15) is 0 Å². The maximum Gasteiger partial charge on any atom is 0.342 e. The summed E-state index contributed by atoms with van der Waals surface area (Å²) in [7, 11) is 2.89. The van der Waals surface area contributed by atoms with Gasteiger partial charge in [-0.3, -0.25) is 10.1 Å². The molecule has 9 heteroatoms. The summed E-state index contributed by atoms with van der Waals surface area (Å²) in [4.78, 5) is 36.6. The Bertz CT molecular complexity index is 791. The van der Waals surface area contributed by atoms with Crippen LogP contribution in [0.3, 0.4) is 0 Å². The van der Waals surface area contributed by atoms with Crippen LogP contribution < -0.4 is 20.1 Å². The molecular weight excluding hydrogens is 372 g/mol. The molecule has 0 saturated heterocycles. The number of methoxy groups -OCH3 is 2. The predicted octanol–water partition coefficient (Wildman–Crippen LogP) is 1.99. The quantitative estimate of drug-likeness (QED) is 0.666. The maximum absolute atomic E-state index is 12.1. The van der Waals surface area contributed by atoms with E-state index < -0.39 is 24.5 Å². The Morgan fingerprint density at radius 2 is 1.93 bits per heavy atom. The molecule has 0 fully saturated rings. The number of urea groups is 1. The molecule has 1 heterocycles. The summed E-state index contributed by atoms with van der Waals surface area (Å²) in [5, 5.41) is 6.61. The number of hydrogen-bond acceptors (Lipinski definition) is 7. The molecule has 2 rings (SSSR count). The lowest BCUT2D eigenvalue weighted by molar-refractivity contribution is -0.123. The van der Waals surface area contributed by atoms with E-state index in [1.165, 1.54) is 26.4 Å². The molecular formula is C18H20N2O6S. The van der Waals surface area contributed by atoms with Crippen molar-refractivity contribution in [3.05, 3.63) is 46.2 Å². The first-order valence-electron chi connectivity index (χ1n) is 8.02. The molecule has 1 aromatic heterocycles. The van der Waals surface area contributed by atoms with Gasteiger partial charge in [-0.05, 0) is 30.0 Å². The summed E-state index contributed by atoms with van der Waals surface area (Å²) >= 11 is 1.59. The molecule has 0 aliphatic rings. The van der Waals surface area contributed by atoms with Crippen molar-refractivity contribution in [3.63, 3.8) is 0 Å². The van der Waals surface area contributed by atoms with E-state index in [9.17, 15) is 14.4 Å². The molecule has 1 aromatic carbocycles. The molecule has 27 heavy (non-hydrogen) atoms. The summed E-state index contributed by atoms with van der Waals surface area (Å²) < 4.78 is 15.1. The minimum atomic E-state index is -0.747. The van der Waals surface area contributed by atoms with Gasteiger partial charge >= 0.3 is 12.0 Å². The third-order valence-corrected chi connectivity index (χ3v) is 4.39. The van der Waals surface area contributed by atoms with Crippen molar-refractivity contribution in [2.24, 2.45) is 0 Å². The molecule has 0 atom stereocenters. The topological polar surface area (TPSA) is 103 Å². The molecule has 0 saturated carbocycles. The van der Waals surface area contributed by atoms with E-state index in [4.69, 9.17) is 14.2 Å². The third kappa shape index (κ3) is 6.30. The summed E-state index contributed by atoms with van der Waals surface area (Å²) in [5.74, 6) is -0.710. The fourth-order valence-electron chi connectivity index (χ4n) is 2.14. The number of esters is 1. The second-order valence-electron chi connectivity index (χ2n) is 5.28. The monoisotopic (exact) mass is 392 g/mol.